The molecule has 2 unspecified atom stereocenters. The molecule has 1 aromatic heterocycles. The van der Waals surface area contributed by atoms with Crippen LogP contribution in [0.1, 0.15) is 26.2 Å². The van der Waals surface area contributed by atoms with Crippen LogP contribution in [0.2, 0.25) is 5.02 Å². The normalized spacial score (nSPS) is 26.9. The zero-order chi connectivity index (χ0) is 14.3. The molecule has 2 heterocycles. The molecule has 6 heteroatoms. The van der Waals surface area contributed by atoms with Gasteiger partial charge in [0.1, 0.15) is 5.69 Å². The van der Waals surface area contributed by atoms with Crippen LogP contribution < -0.4 is 16.2 Å². The predicted molar refractivity (Wildman–Crippen MR) is 80.2 cm³/mol. The lowest BCUT2D eigenvalue weighted by Gasteiger charge is -2.36. The first-order chi connectivity index (χ1) is 9.56. The van der Waals surface area contributed by atoms with Gasteiger partial charge in [0.25, 0.3) is 5.56 Å². The number of nitrogens with two attached hydrogens (primary N) is 1. The Morgan fingerprint density at radius 2 is 2.20 bits per heavy atom. The van der Waals surface area contributed by atoms with Gasteiger partial charge in [-0.3, -0.25) is 4.79 Å². The fraction of sp³-hybridized carbons (Fsp3) is 0.714. The summed E-state index contributed by atoms with van der Waals surface area (Å²) in [4.78, 5) is 14.7. The van der Waals surface area contributed by atoms with Crippen LogP contribution in [0.4, 0.5) is 5.69 Å². The van der Waals surface area contributed by atoms with Crippen molar-refractivity contribution in [1.29, 1.82) is 0 Å². The predicted octanol–water partition coefficient (Wildman–Crippen LogP) is 1.48. The maximum Gasteiger partial charge on any atom is 0.291 e. The van der Waals surface area contributed by atoms with E-state index in [0.29, 0.717) is 29.1 Å². The highest BCUT2D eigenvalue weighted by molar-refractivity contribution is 6.33. The Bertz CT molecular complexity index is 555. The average molecular weight is 297 g/mol. The Balaban J connectivity index is 1.89. The van der Waals surface area contributed by atoms with Gasteiger partial charge in [-0.1, -0.05) is 18.5 Å². The topological polar surface area (TPSA) is 64.2 Å². The van der Waals surface area contributed by atoms with Gasteiger partial charge in [-0.05, 0) is 31.1 Å². The largest absolute Gasteiger partial charge is 0.365 e. The molecule has 2 N–H and O–H groups in total. The Morgan fingerprint density at radius 3 is 2.85 bits per heavy atom. The van der Waals surface area contributed by atoms with Crippen LogP contribution in [-0.2, 0) is 6.54 Å². The summed E-state index contributed by atoms with van der Waals surface area (Å²) in [7, 11) is 0. The van der Waals surface area contributed by atoms with E-state index in [1.807, 2.05) is 0 Å². The zero-order valence-corrected chi connectivity index (χ0v) is 12.5. The molecule has 1 aromatic rings. The van der Waals surface area contributed by atoms with Crippen LogP contribution in [0.5, 0.6) is 0 Å². The summed E-state index contributed by atoms with van der Waals surface area (Å²) in [6.07, 6.45) is 4.88. The minimum absolute atomic E-state index is 0.0629. The second-order valence-electron chi connectivity index (χ2n) is 6.15. The van der Waals surface area contributed by atoms with Crippen LogP contribution in [0.15, 0.2) is 11.0 Å². The number of piperidine rings is 1. The van der Waals surface area contributed by atoms with E-state index in [-0.39, 0.29) is 11.6 Å². The van der Waals surface area contributed by atoms with Crippen molar-refractivity contribution >= 4 is 17.3 Å². The molecule has 5 nitrogen and oxygen atoms in total. The first kappa shape index (κ1) is 13.9. The molecule has 2 fully saturated rings. The Kier molecular flexibility index (Phi) is 3.73. The lowest BCUT2D eigenvalue weighted by molar-refractivity contribution is 0.381. The molecule has 0 bridgehead atoms. The van der Waals surface area contributed by atoms with Gasteiger partial charge in [0.05, 0.1) is 11.2 Å². The van der Waals surface area contributed by atoms with Gasteiger partial charge in [-0.15, -0.1) is 0 Å². The molecule has 0 aromatic carbocycles. The van der Waals surface area contributed by atoms with Gasteiger partial charge >= 0.3 is 0 Å². The summed E-state index contributed by atoms with van der Waals surface area (Å²) < 4.78 is 1.57. The summed E-state index contributed by atoms with van der Waals surface area (Å²) in [5.74, 6) is 0.979. The van der Waals surface area contributed by atoms with E-state index in [2.05, 4.69) is 16.9 Å². The van der Waals surface area contributed by atoms with Gasteiger partial charge in [0.2, 0.25) is 0 Å². The van der Waals surface area contributed by atoms with Crippen LogP contribution in [-0.4, -0.2) is 28.9 Å². The van der Waals surface area contributed by atoms with E-state index in [1.165, 1.54) is 12.8 Å². The number of aromatic nitrogens is 2. The third kappa shape index (κ3) is 2.69. The minimum Gasteiger partial charge on any atom is -0.365 e. The smallest absolute Gasteiger partial charge is 0.291 e. The van der Waals surface area contributed by atoms with E-state index in [9.17, 15) is 4.79 Å². The fourth-order valence-electron chi connectivity index (χ4n) is 2.79. The SMILES string of the molecule is CC1CN(c2c(Cl)cnn(CC3CC3)c2=O)CCC1N. The van der Waals surface area contributed by atoms with Crippen LogP contribution in [0.3, 0.4) is 0 Å². The van der Waals surface area contributed by atoms with Crippen molar-refractivity contribution in [3.8, 4) is 0 Å². The van der Waals surface area contributed by atoms with E-state index in [1.54, 1.807) is 10.9 Å². The van der Waals surface area contributed by atoms with E-state index < -0.39 is 0 Å². The quantitative estimate of drug-likeness (QED) is 0.918. The van der Waals surface area contributed by atoms with Gasteiger partial charge in [0.15, 0.2) is 0 Å². The summed E-state index contributed by atoms with van der Waals surface area (Å²) in [5, 5.41) is 4.62. The standard InChI is InChI=1S/C14H21ClN4O/c1-9-7-18(5-4-12(9)16)13-11(15)6-17-19(14(13)20)8-10-2-3-10/h6,9-10,12H,2-5,7-8,16H2,1H3. The maximum absolute atomic E-state index is 12.6. The monoisotopic (exact) mass is 296 g/mol. The number of anilines is 1. The molecule has 20 heavy (non-hydrogen) atoms. The first-order valence-corrected chi connectivity index (χ1v) is 7.70. The highest BCUT2D eigenvalue weighted by atomic mass is 35.5. The van der Waals surface area contributed by atoms with Crippen molar-refractivity contribution < 1.29 is 0 Å². The van der Waals surface area contributed by atoms with Crippen molar-refractivity contribution in [2.24, 2.45) is 17.6 Å². The lowest BCUT2D eigenvalue weighted by atomic mass is 9.94. The number of hydrogen-bond donors (Lipinski definition) is 1. The third-order valence-corrected chi connectivity index (χ3v) is 4.67. The summed E-state index contributed by atoms with van der Waals surface area (Å²) in [6.45, 7) is 4.40. The first-order valence-electron chi connectivity index (χ1n) is 7.32. The molecule has 0 radical (unpaired) electrons. The van der Waals surface area contributed by atoms with E-state index in [0.717, 1.165) is 19.5 Å². The van der Waals surface area contributed by atoms with Crippen molar-refractivity contribution in [3.05, 3.63) is 21.6 Å². The summed E-state index contributed by atoms with van der Waals surface area (Å²) >= 11 is 6.22. The molecule has 1 saturated heterocycles. The zero-order valence-electron chi connectivity index (χ0n) is 11.8. The molecule has 2 aliphatic rings. The number of rotatable bonds is 3. The molecule has 1 aliphatic heterocycles. The molecular formula is C14H21ClN4O. The van der Waals surface area contributed by atoms with E-state index >= 15 is 0 Å². The maximum atomic E-state index is 12.6. The second kappa shape index (κ2) is 5.37. The number of nitrogens with zero attached hydrogens (tertiary/aromatic N) is 3. The fourth-order valence-corrected chi connectivity index (χ4v) is 3.03. The minimum atomic E-state index is -0.0629. The highest BCUT2D eigenvalue weighted by Crippen LogP contribution is 2.31. The summed E-state index contributed by atoms with van der Waals surface area (Å²) in [5.41, 5.74) is 6.58. The van der Waals surface area contributed by atoms with Crippen LogP contribution in [0.25, 0.3) is 0 Å². The second-order valence-corrected chi connectivity index (χ2v) is 6.55. The molecule has 0 spiro atoms. The van der Waals surface area contributed by atoms with Crippen molar-refractivity contribution in [2.75, 3.05) is 18.0 Å². The number of hydrogen-bond acceptors (Lipinski definition) is 4. The molecule has 1 saturated carbocycles. The molecule has 1 aliphatic carbocycles. The van der Waals surface area contributed by atoms with E-state index in [4.69, 9.17) is 17.3 Å². The van der Waals surface area contributed by atoms with Crippen LogP contribution >= 0.6 is 11.6 Å². The third-order valence-electron chi connectivity index (χ3n) is 4.39. The molecule has 110 valence electrons. The highest BCUT2D eigenvalue weighted by Gasteiger charge is 2.28. The molecule has 3 rings (SSSR count). The molecular weight excluding hydrogens is 276 g/mol. The average Bonchev–Trinajstić information content (AvgIpc) is 3.21. The molecule has 0 amide bonds. The van der Waals surface area contributed by atoms with Crippen molar-refractivity contribution in [2.45, 2.75) is 38.8 Å². The number of halogens is 1. The Hall–Kier alpha value is -1.07. The van der Waals surface area contributed by atoms with Gasteiger partial charge in [0, 0.05) is 25.7 Å². The van der Waals surface area contributed by atoms with Crippen molar-refractivity contribution in [3.63, 3.8) is 0 Å². The van der Waals surface area contributed by atoms with Gasteiger partial charge < -0.3 is 10.6 Å². The Morgan fingerprint density at radius 1 is 1.45 bits per heavy atom. The molecule has 2 atom stereocenters. The van der Waals surface area contributed by atoms with Gasteiger partial charge in [-0.2, -0.15) is 5.10 Å². The van der Waals surface area contributed by atoms with Crippen LogP contribution in [0, 0.1) is 11.8 Å². The lowest BCUT2D eigenvalue weighted by Crippen LogP contribution is -2.48. The Labute approximate surface area is 123 Å². The summed E-state index contributed by atoms with van der Waals surface area (Å²) in [6, 6.07) is 0.209. The van der Waals surface area contributed by atoms with Crippen molar-refractivity contribution in [1.82, 2.24) is 9.78 Å². The van der Waals surface area contributed by atoms with Gasteiger partial charge in [-0.25, -0.2) is 4.68 Å².